The van der Waals surface area contributed by atoms with Gasteiger partial charge in [0.25, 0.3) is 0 Å². The lowest BCUT2D eigenvalue weighted by Gasteiger charge is -2.04. The van der Waals surface area contributed by atoms with Crippen molar-refractivity contribution in [3.8, 4) is 0 Å². The van der Waals surface area contributed by atoms with Gasteiger partial charge >= 0.3 is 5.97 Å². The van der Waals surface area contributed by atoms with Gasteiger partial charge < -0.3 is 4.74 Å². The molecule has 0 spiro atoms. The number of rotatable bonds is 5. The van der Waals surface area contributed by atoms with E-state index in [1.165, 1.54) is 3.58 Å². The van der Waals surface area contributed by atoms with Gasteiger partial charge in [-0.15, -0.1) is 0 Å². The van der Waals surface area contributed by atoms with E-state index in [4.69, 9.17) is 4.74 Å². The summed E-state index contributed by atoms with van der Waals surface area (Å²) in [5.74, 6) is 0.112. The lowest BCUT2D eigenvalue weighted by atomic mass is 10.1. The van der Waals surface area contributed by atoms with E-state index >= 15 is 0 Å². The van der Waals surface area contributed by atoms with Crippen LogP contribution in [-0.2, 0) is 9.53 Å². The van der Waals surface area contributed by atoms with Gasteiger partial charge in [0.2, 0.25) is 0 Å². The van der Waals surface area contributed by atoms with Crippen molar-refractivity contribution >= 4 is 28.6 Å². The van der Waals surface area contributed by atoms with E-state index in [1.54, 1.807) is 0 Å². The van der Waals surface area contributed by atoms with Crippen LogP contribution in [0.2, 0.25) is 0 Å². The Kier molecular flexibility index (Phi) is 7.84. The molecule has 0 aromatic heterocycles. The minimum Gasteiger partial charge on any atom is -0.466 e. The SMILES string of the molecule is CCOC(=O)C[C@H](C)/C=C\C=C(\C)I. The molecule has 0 fully saturated rings. The van der Waals surface area contributed by atoms with Crippen LogP contribution in [0.25, 0.3) is 0 Å². The largest absolute Gasteiger partial charge is 0.466 e. The molecule has 0 saturated carbocycles. The first-order chi connectivity index (χ1) is 6.56. The summed E-state index contributed by atoms with van der Waals surface area (Å²) in [6, 6.07) is 0. The standard InChI is InChI=1S/C11H17IO2/c1-4-14-11(13)8-9(2)6-5-7-10(3)12/h5-7,9H,4,8H2,1-3H3/b6-5-,10-7-/t9-/m1/s1. The number of halogens is 1. The van der Waals surface area contributed by atoms with E-state index in [9.17, 15) is 4.79 Å². The highest BCUT2D eigenvalue weighted by Gasteiger charge is 2.05. The van der Waals surface area contributed by atoms with Gasteiger partial charge in [0.15, 0.2) is 0 Å². The summed E-state index contributed by atoms with van der Waals surface area (Å²) in [6.45, 7) is 6.31. The van der Waals surface area contributed by atoms with Crippen LogP contribution in [-0.4, -0.2) is 12.6 Å². The number of ether oxygens (including phenoxy) is 1. The van der Waals surface area contributed by atoms with E-state index in [0.717, 1.165) is 0 Å². The number of allylic oxidation sites excluding steroid dienone is 4. The third-order valence-electron chi connectivity index (χ3n) is 1.56. The molecule has 3 heteroatoms. The molecule has 0 rings (SSSR count). The van der Waals surface area contributed by atoms with Crippen LogP contribution in [0.4, 0.5) is 0 Å². The summed E-state index contributed by atoms with van der Waals surface area (Å²) < 4.78 is 6.07. The van der Waals surface area contributed by atoms with Crippen molar-refractivity contribution in [3.63, 3.8) is 0 Å². The Balaban J connectivity index is 3.86. The summed E-state index contributed by atoms with van der Waals surface area (Å²) >= 11 is 2.25. The lowest BCUT2D eigenvalue weighted by molar-refractivity contribution is -0.143. The first-order valence-corrected chi connectivity index (χ1v) is 5.80. The molecule has 0 aliphatic heterocycles. The van der Waals surface area contributed by atoms with Crippen molar-refractivity contribution in [2.24, 2.45) is 5.92 Å². The zero-order valence-corrected chi connectivity index (χ0v) is 11.1. The van der Waals surface area contributed by atoms with E-state index in [1.807, 2.05) is 39.0 Å². The van der Waals surface area contributed by atoms with Gasteiger partial charge in [0, 0.05) is 0 Å². The molecule has 0 N–H and O–H groups in total. The summed E-state index contributed by atoms with van der Waals surface area (Å²) in [7, 11) is 0. The van der Waals surface area contributed by atoms with E-state index in [2.05, 4.69) is 22.6 Å². The Morgan fingerprint density at radius 3 is 2.71 bits per heavy atom. The van der Waals surface area contributed by atoms with Crippen LogP contribution < -0.4 is 0 Å². The van der Waals surface area contributed by atoms with Gasteiger partial charge in [0.05, 0.1) is 13.0 Å². The summed E-state index contributed by atoms with van der Waals surface area (Å²) in [4.78, 5) is 11.1. The minimum absolute atomic E-state index is 0.125. The van der Waals surface area contributed by atoms with Crippen LogP contribution in [0.3, 0.4) is 0 Å². The smallest absolute Gasteiger partial charge is 0.306 e. The fourth-order valence-electron chi connectivity index (χ4n) is 0.929. The molecule has 0 radical (unpaired) electrons. The molecule has 0 saturated heterocycles. The topological polar surface area (TPSA) is 26.3 Å². The molecule has 0 heterocycles. The van der Waals surface area contributed by atoms with Crippen LogP contribution in [0.15, 0.2) is 21.8 Å². The van der Waals surface area contributed by atoms with Gasteiger partial charge in [-0.05, 0) is 45.9 Å². The Bertz CT molecular complexity index is 227. The van der Waals surface area contributed by atoms with Crippen molar-refractivity contribution in [1.29, 1.82) is 0 Å². The molecule has 0 aliphatic rings. The zero-order valence-electron chi connectivity index (χ0n) is 8.92. The zero-order chi connectivity index (χ0) is 11.0. The van der Waals surface area contributed by atoms with Gasteiger partial charge in [0.1, 0.15) is 0 Å². The molecule has 1 atom stereocenters. The fourth-order valence-corrected chi connectivity index (χ4v) is 1.14. The average Bonchev–Trinajstić information content (AvgIpc) is 2.03. The second-order valence-electron chi connectivity index (χ2n) is 3.12. The number of carbonyl (C=O) groups is 1. The number of carbonyl (C=O) groups excluding carboxylic acids is 1. The summed E-state index contributed by atoms with van der Waals surface area (Å²) in [5.41, 5.74) is 0. The van der Waals surface area contributed by atoms with Crippen LogP contribution in [0.5, 0.6) is 0 Å². The van der Waals surface area contributed by atoms with Crippen molar-refractivity contribution < 1.29 is 9.53 Å². The first-order valence-electron chi connectivity index (χ1n) is 4.72. The molecular formula is C11H17IO2. The second kappa shape index (κ2) is 8.03. The van der Waals surface area contributed by atoms with Gasteiger partial charge in [-0.2, -0.15) is 0 Å². The normalized spacial score (nSPS) is 14.4. The third kappa shape index (κ3) is 8.29. The minimum atomic E-state index is -0.125. The fraction of sp³-hybridized carbons (Fsp3) is 0.545. The Hall–Kier alpha value is -0.320. The van der Waals surface area contributed by atoms with Crippen LogP contribution >= 0.6 is 22.6 Å². The van der Waals surface area contributed by atoms with Crippen molar-refractivity contribution in [1.82, 2.24) is 0 Å². The molecule has 0 aliphatic carbocycles. The van der Waals surface area contributed by atoms with E-state index in [0.29, 0.717) is 13.0 Å². The highest BCUT2D eigenvalue weighted by Crippen LogP contribution is 2.07. The van der Waals surface area contributed by atoms with E-state index in [-0.39, 0.29) is 11.9 Å². The highest BCUT2D eigenvalue weighted by molar-refractivity contribution is 14.1. The maximum atomic E-state index is 11.1. The second-order valence-corrected chi connectivity index (χ2v) is 4.83. The molecule has 0 aromatic carbocycles. The molecule has 0 bridgehead atoms. The predicted molar refractivity (Wildman–Crippen MR) is 67.3 cm³/mol. The molecule has 2 nitrogen and oxygen atoms in total. The van der Waals surface area contributed by atoms with Crippen LogP contribution in [0, 0.1) is 5.92 Å². The van der Waals surface area contributed by atoms with Crippen molar-refractivity contribution in [2.45, 2.75) is 27.2 Å². The molecule has 0 unspecified atom stereocenters. The summed E-state index contributed by atoms with van der Waals surface area (Å²) in [5, 5.41) is 0. The van der Waals surface area contributed by atoms with Gasteiger partial charge in [-0.1, -0.05) is 25.2 Å². The monoisotopic (exact) mass is 308 g/mol. The molecule has 14 heavy (non-hydrogen) atoms. The van der Waals surface area contributed by atoms with Crippen molar-refractivity contribution in [2.75, 3.05) is 6.61 Å². The quantitative estimate of drug-likeness (QED) is 0.442. The molecule has 0 amide bonds. The lowest BCUT2D eigenvalue weighted by Crippen LogP contribution is -2.07. The van der Waals surface area contributed by atoms with Crippen LogP contribution in [0.1, 0.15) is 27.2 Å². The predicted octanol–water partition coefficient (Wildman–Crippen LogP) is 3.47. The average molecular weight is 308 g/mol. The van der Waals surface area contributed by atoms with E-state index < -0.39 is 0 Å². The number of hydrogen-bond acceptors (Lipinski definition) is 2. The van der Waals surface area contributed by atoms with Gasteiger partial charge in [-0.3, -0.25) is 4.79 Å². The van der Waals surface area contributed by atoms with Crippen molar-refractivity contribution in [3.05, 3.63) is 21.8 Å². The number of esters is 1. The Morgan fingerprint density at radius 1 is 1.57 bits per heavy atom. The molecular weight excluding hydrogens is 291 g/mol. The Labute approximate surface area is 99.5 Å². The number of hydrogen-bond donors (Lipinski definition) is 0. The molecule has 0 aromatic rings. The maximum absolute atomic E-state index is 11.1. The summed E-state index contributed by atoms with van der Waals surface area (Å²) in [6.07, 6.45) is 6.46. The molecule has 80 valence electrons. The Morgan fingerprint density at radius 2 is 2.21 bits per heavy atom. The first kappa shape index (κ1) is 13.7. The maximum Gasteiger partial charge on any atom is 0.306 e. The highest BCUT2D eigenvalue weighted by atomic mass is 127. The van der Waals surface area contributed by atoms with Gasteiger partial charge in [-0.25, -0.2) is 0 Å². The third-order valence-corrected chi connectivity index (χ3v) is 1.92.